The highest BCUT2D eigenvalue weighted by Crippen LogP contribution is 2.16. The third-order valence-electron chi connectivity index (χ3n) is 4.08. The number of methoxy groups -OCH3 is 1. The largest absolute Gasteiger partial charge is 0.465 e. The van der Waals surface area contributed by atoms with E-state index in [0.29, 0.717) is 18.2 Å². The second-order valence-corrected chi connectivity index (χ2v) is 5.81. The highest BCUT2D eigenvalue weighted by atomic mass is 16.5. The molecule has 1 fully saturated rings. The summed E-state index contributed by atoms with van der Waals surface area (Å²) in [4.78, 5) is 23.5. The van der Waals surface area contributed by atoms with Crippen LogP contribution in [0.1, 0.15) is 35.7 Å². The Morgan fingerprint density at radius 2 is 2.05 bits per heavy atom. The lowest BCUT2D eigenvalue weighted by Crippen LogP contribution is -2.42. The average molecular weight is 304 g/mol. The number of nitrogens with one attached hydrogen (secondary N) is 2. The minimum atomic E-state index is -0.333. The van der Waals surface area contributed by atoms with Gasteiger partial charge in [-0.05, 0) is 50.4 Å². The Kier molecular flexibility index (Phi) is 5.95. The van der Waals surface area contributed by atoms with Gasteiger partial charge in [0, 0.05) is 18.5 Å². The maximum atomic E-state index is 12.1. The first-order chi connectivity index (χ1) is 10.6. The third-order valence-corrected chi connectivity index (χ3v) is 4.08. The Hall–Kier alpha value is -1.88. The number of carbonyl (C=O) groups excluding carboxylic acids is 2. The van der Waals surface area contributed by atoms with E-state index in [1.54, 1.807) is 12.1 Å². The van der Waals surface area contributed by atoms with E-state index in [-0.39, 0.29) is 17.8 Å². The second kappa shape index (κ2) is 7.94. The maximum Gasteiger partial charge on any atom is 0.337 e. The van der Waals surface area contributed by atoms with Crippen molar-refractivity contribution in [3.05, 3.63) is 35.4 Å². The zero-order chi connectivity index (χ0) is 15.9. The Morgan fingerprint density at radius 3 is 2.68 bits per heavy atom. The highest BCUT2D eigenvalue weighted by molar-refractivity contribution is 5.89. The van der Waals surface area contributed by atoms with Crippen LogP contribution >= 0.6 is 0 Å². The molecule has 0 saturated carbocycles. The Bertz CT molecular complexity index is 513. The van der Waals surface area contributed by atoms with Crippen LogP contribution in [-0.2, 0) is 16.0 Å². The van der Waals surface area contributed by atoms with Crippen LogP contribution in [0.15, 0.2) is 24.3 Å². The molecule has 0 radical (unpaired) electrons. The van der Waals surface area contributed by atoms with E-state index < -0.39 is 0 Å². The van der Waals surface area contributed by atoms with Crippen molar-refractivity contribution in [1.29, 1.82) is 0 Å². The molecule has 2 atom stereocenters. The van der Waals surface area contributed by atoms with Crippen LogP contribution in [-0.4, -0.2) is 38.1 Å². The SMILES string of the molecule is COC(=O)c1ccc(CCNC(=O)[C@H]2CCN[C@@H](C)C2)cc1. The van der Waals surface area contributed by atoms with Gasteiger partial charge in [-0.1, -0.05) is 12.1 Å². The molecule has 5 nitrogen and oxygen atoms in total. The molecular formula is C17H24N2O3. The molecule has 1 amide bonds. The fourth-order valence-corrected chi connectivity index (χ4v) is 2.77. The normalized spacial score (nSPS) is 21.2. The minimum absolute atomic E-state index is 0.123. The van der Waals surface area contributed by atoms with Crippen LogP contribution in [0.2, 0.25) is 0 Å². The van der Waals surface area contributed by atoms with E-state index in [0.717, 1.165) is 31.4 Å². The highest BCUT2D eigenvalue weighted by Gasteiger charge is 2.24. The van der Waals surface area contributed by atoms with Crippen LogP contribution in [0.25, 0.3) is 0 Å². The van der Waals surface area contributed by atoms with Gasteiger partial charge in [0.2, 0.25) is 5.91 Å². The number of ether oxygens (including phenoxy) is 1. The molecule has 0 aliphatic carbocycles. The monoisotopic (exact) mass is 304 g/mol. The number of hydrogen-bond acceptors (Lipinski definition) is 4. The summed E-state index contributed by atoms with van der Waals surface area (Å²) in [6.45, 7) is 3.64. The van der Waals surface area contributed by atoms with E-state index in [2.05, 4.69) is 22.3 Å². The zero-order valence-corrected chi connectivity index (χ0v) is 13.2. The number of esters is 1. The number of carbonyl (C=O) groups is 2. The topological polar surface area (TPSA) is 67.4 Å². The van der Waals surface area contributed by atoms with Gasteiger partial charge in [0.15, 0.2) is 0 Å². The maximum absolute atomic E-state index is 12.1. The standard InChI is InChI=1S/C17H24N2O3/c1-12-11-15(8-10-18-12)16(20)19-9-7-13-3-5-14(6-4-13)17(21)22-2/h3-6,12,15,18H,7-11H2,1-2H3,(H,19,20)/t12-,15-/m0/s1. The van der Waals surface area contributed by atoms with Crippen molar-refractivity contribution in [3.8, 4) is 0 Å². The van der Waals surface area contributed by atoms with Crippen molar-refractivity contribution < 1.29 is 14.3 Å². The van der Waals surface area contributed by atoms with E-state index in [9.17, 15) is 9.59 Å². The smallest absolute Gasteiger partial charge is 0.337 e. The summed E-state index contributed by atoms with van der Waals surface area (Å²) in [6.07, 6.45) is 2.57. The fraction of sp³-hybridized carbons (Fsp3) is 0.529. The number of amides is 1. The molecule has 0 spiro atoms. The van der Waals surface area contributed by atoms with Crippen molar-refractivity contribution in [3.63, 3.8) is 0 Å². The quantitative estimate of drug-likeness (QED) is 0.809. The summed E-state index contributed by atoms with van der Waals surface area (Å²) in [7, 11) is 1.37. The van der Waals surface area contributed by atoms with E-state index >= 15 is 0 Å². The summed E-state index contributed by atoms with van der Waals surface area (Å²) in [5.41, 5.74) is 1.63. The Balaban J connectivity index is 1.76. The molecular weight excluding hydrogens is 280 g/mol. The van der Waals surface area contributed by atoms with Gasteiger partial charge in [-0.15, -0.1) is 0 Å². The van der Waals surface area contributed by atoms with Crippen molar-refractivity contribution in [2.24, 2.45) is 5.92 Å². The van der Waals surface area contributed by atoms with E-state index in [1.807, 2.05) is 12.1 Å². The Labute approximate surface area is 131 Å². The number of rotatable bonds is 5. The van der Waals surface area contributed by atoms with Crippen molar-refractivity contribution in [2.75, 3.05) is 20.2 Å². The van der Waals surface area contributed by atoms with E-state index in [1.165, 1.54) is 7.11 Å². The molecule has 1 aliphatic rings. The number of benzene rings is 1. The van der Waals surface area contributed by atoms with Crippen molar-refractivity contribution in [2.45, 2.75) is 32.2 Å². The molecule has 5 heteroatoms. The minimum Gasteiger partial charge on any atom is -0.465 e. The van der Waals surface area contributed by atoms with Gasteiger partial charge in [0.25, 0.3) is 0 Å². The lowest BCUT2D eigenvalue weighted by molar-refractivity contribution is -0.126. The second-order valence-electron chi connectivity index (χ2n) is 5.81. The number of hydrogen-bond donors (Lipinski definition) is 2. The van der Waals surface area contributed by atoms with Crippen LogP contribution in [0.4, 0.5) is 0 Å². The van der Waals surface area contributed by atoms with Gasteiger partial charge in [0.1, 0.15) is 0 Å². The molecule has 1 heterocycles. The van der Waals surface area contributed by atoms with Crippen molar-refractivity contribution >= 4 is 11.9 Å². The third kappa shape index (κ3) is 4.56. The van der Waals surface area contributed by atoms with Gasteiger partial charge in [-0.25, -0.2) is 4.79 Å². The molecule has 0 aromatic heterocycles. The molecule has 0 unspecified atom stereocenters. The van der Waals surface area contributed by atoms with E-state index in [4.69, 9.17) is 0 Å². The van der Waals surface area contributed by atoms with Gasteiger partial charge in [-0.2, -0.15) is 0 Å². The van der Waals surface area contributed by atoms with Gasteiger partial charge >= 0.3 is 5.97 Å². The summed E-state index contributed by atoms with van der Waals surface area (Å²) in [6, 6.07) is 7.70. The predicted octanol–water partition coefficient (Wildman–Crippen LogP) is 1.52. The molecule has 1 aliphatic heterocycles. The first-order valence-corrected chi connectivity index (χ1v) is 7.78. The molecule has 22 heavy (non-hydrogen) atoms. The molecule has 1 aromatic rings. The van der Waals surface area contributed by atoms with Crippen LogP contribution in [0, 0.1) is 5.92 Å². The molecule has 2 rings (SSSR count). The molecule has 1 saturated heterocycles. The van der Waals surface area contributed by atoms with Gasteiger partial charge in [-0.3, -0.25) is 4.79 Å². The summed E-state index contributed by atoms with van der Waals surface area (Å²) < 4.78 is 4.66. The first kappa shape index (κ1) is 16.5. The fourth-order valence-electron chi connectivity index (χ4n) is 2.77. The number of piperidine rings is 1. The van der Waals surface area contributed by atoms with Gasteiger partial charge in [0.05, 0.1) is 12.7 Å². The van der Waals surface area contributed by atoms with Gasteiger partial charge < -0.3 is 15.4 Å². The molecule has 1 aromatic carbocycles. The van der Waals surface area contributed by atoms with Crippen LogP contribution in [0.3, 0.4) is 0 Å². The predicted molar refractivity (Wildman–Crippen MR) is 84.7 cm³/mol. The van der Waals surface area contributed by atoms with Crippen LogP contribution in [0.5, 0.6) is 0 Å². The summed E-state index contributed by atoms with van der Waals surface area (Å²) >= 11 is 0. The molecule has 0 bridgehead atoms. The van der Waals surface area contributed by atoms with Crippen molar-refractivity contribution in [1.82, 2.24) is 10.6 Å². The first-order valence-electron chi connectivity index (χ1n) is 7.78. The summed E-state index contributed by atoms with van der Waals surface area (Å²) in [5.74, 6) is -0.0580. The Morgan fingerprint density at radius 1 is 1.32 bits per heavy atom. The average Bonchev–Trinajstić information content (AvgIpc) is 2.54. The summed E-state index contributed by atoms with van der Waals surface area (Å²) in [5, 5.41) is 6.36. The molecule has 120 valence electrons. The zero-order valence-electron chi connectivity index (χ0n) is 13.2. The lowest BCUT2D eigenvalue weighted by atomic mass is 9.92. The van der Waals surface area contributed by atoms with Crippen LogP contribution < -0.4 is 10.6 Å². The lowest BCUT2D eigenvalue weighted by Gasteiger charge is -2.27. The molecule has 2 N–H and O–H groups in total.